The van der Waals surface area contributed by atoms with Gasteiger partial charge in [0.25, 0.3) is 11.8 Å². The zero-order valence-electron chi connectivity index (χ0n) is 14.4. The Morgan fingerprint density at radius 3 is 2.20 bits per heavy atom. The molecule has 2 aromatic carbocycles. The minimum absolute atomic E-state index is 0.113. The topological polar surface area (TPSA) is 62.6 Å². The zero-order chi connectivity index (χ0) is 18.2. The number of carbonyl (C=O) groups is 2. The number of hydrogen-bond acceptors (Lipinski definition) is 2. The van der Waals surface area contributed by atoms with Crippen molar-refractivity contribution in [1.29, 1.82) is 0 Å². The van der Waals surface area contributed by atoms with E-state index >= 15 is 0 Å². The number of likely N-dealkylation sites (N-methyl/N-ethyl adjacent to an activating group) is 1. The van der Waals surface area contributed by atoms with E-state index in [4.69, 9.17) is 11.6 Å². The summed E-state index contributed by atoms with van der Waals surface area (Å²) >= 11 is 5.82. The molecule has 1 atom stereocenters. The third kappa shape index (κ3) is 6.21. The Labute approximate surface area is 153 Å². The molecule has 0 aliphatic heterocycles. The van der Waals surface area contributed by atoms with Gasteiger partial charge < -0.3 is 15.5 Å². The molecule has 2 aromatic rings. The molecule has 0 bridgehead atoms. The van der Waals surface area contributed by atoms with Gasteiger partial charge in [0.2, 0.25) is 0 Å². The molecular weight excluding hydrogens is 338 g/mol. The minimum atomic E-state index is -0.151. The van der Waals surface area contributed by atoms with Crippen LogP contribution in [0.5, 0.6) is 0 Å². The van der Waals surface area contributed by atoms with Crippen LogP contribution < -0.4 is 15.5 Å². The number of anilines is 2. The number of benzene rings is 2. The first-order valence-corrected chi connectivity index (χ1v) is 8.60. The maximum Gasteiger partial charge on any atom is 0.279 e. The van der Waals surface area contributed by atoms with Gasteiger partial charge >= 0.3 is 0 Å². The lowest BCUT2D eigenvalue weighted by molar-refractivity contribution is -0.862. The van der Waals surface area contributed by atoms with Gasteiger partial charge in [-0.2, -0.15) is 0 Å². The van der Waals surface area contributed by atoms with Crippen LogP contribution in [0, 0.1) is 0 Å². The first-order chi connectivity index (χ1) is 12.0. The second kappa shape index (κ2) is 9.20. The lowest BCUT2D eigenvalue weighted by Gasteiger charge is -2.15. The van der Waals surface area contributed by atoms with Crippen molar-refractivity contribution in [3.63, 3.8) is 0 Å². The smallest absolute Gasteiger partial charge is 0.279 e. The highest BCUT2D eigenvalue weighted by Crippen LogP contribution is 2.15. The fraction of sp³-hybridized carbons (Fsp3) is 0.263. The minimum Gasteiger partial charge on any atom is -0.322 e. The molecule has 0 aliphatic carbocycles. The summed E-state index contributed by atoms with van der Waals surface area (Å²) in [6.45, 7) is 2.46. The van der Waals surface area contributed by atoms with Crippen molar-refractivity contribution >= 4 is 34.8 Å². The molecule has 0 saturated carbocycles. The third-order valence-electron chi connectivity index (χ3n) is 3.73. The molecule has 0 spiro atoms. The zero-order valence-corrected chi connectivity index (χ0v) is 15.2. The Hall–Kier alpha value is -2.37. The van der Waals surface area contributed by atoms with E-state index in [1.54, 1.807) is 24.3 Å². The maximum atomic E-state index is 12.2. The Morgan fingerprint density at radius 2 is 1.56 bits per heavy atom. The van der Waals surface area contributed by atoms with Gasteiger partial charge in [0.1, 0.15) is 0 Å². The molecular formula is C19H23ClN3O2+. The van der Waals surface area contributed by atoms with Crippen molar-refractivity contribution in [3.8, 4) is 0 Å². The SMILES string of the molecule is CCc1ccccc1NC(=O)C[NH+](C)CC(=O)Nc1ccc(Cl)cc1. The van der Waals surface area contributed by atoms with Crippen molar-refractivity contribution in [2.45, 2.75) is 13.3 Å². The van der Waals surface area contributed by atoms with Crippen LogP contribution in [0.15, 0.2) is 48.5 Å². The summed E-state index contributed by atoms with van der Waals surface area (Å²) in [5, 5.41) is 6.32. The van der Waals surface area contributed by atoms with Crippen molar-refractivity contribution in [2.24, 2.45) is 0 Å². The monoisotopic (exact) mass is 360 g/mol. The average molecular weight is 361 g/mol. The van der Waals surface area contributed by atoms with Crippen molar-refractivity contribution < 1.29 is 14.5 Å². The number of para-hydroxylation sites is 1. The highest BCUT2D eigenvalue weighted by molar-refractivity contribution is 6.30. The van der Waals surface area contributed by atoms with Gasteiger partial charge in [0, 0.05) is 16.4 Å². The van der Waals surface area contributed by atoms with Crippen LogP contribution >= 0.6 is 11.6 Å². The van der Waals surface area contributed by atoms with E-state index in [2.05, 4.69) is 10.6 Å². The van der Waals surface area contributed by atoms with E-state index in [1.807, 2.05) is 38.2 Å². The number of aryl methyl sites for hydroxylation is 1. The number of nitrogens with one attached hydrogen (secondary N) is 3. The highest BCUT2D eigenvalue weighted by Gasteiger charge is 2.15. The summed E-state index contributed by atoms with van der Waals surface area (Å²) in [6, 6.07) is 14.6. The van der Waals surface area contributed by atoms with Crippen molar-refractivity contribution in [3.05, 3.63) is 59.1 Å². The van der Waals surface area contributed by atoms with Gasteiger partial charge in [0.05, 0.1) is 7.05 Å². The highest BCUT2D eigenvalue weighted by atomic mass is 35.5. The second-order valence-electron chi connectivity index (χ2n) is 5.92. The van der Waals surface area contributed by atoms with Crippen molar-refractivity contribution in [2.75, 3.05) is 30.8 Å². The fourth-order valence-electron chi connectivity index (χ4n) is 2.49. The molecule has 2 rings (SSSR count). The Bertz CT molecular complexity index is 732. The molecule has 5 nitrogen and oxygen atoms in total. The van der Waals surface area contributed by atoms with Gasteiger partial charge in [-0.05, 0) is 42.3 Å². The number of amides is 2. The van der Waals surface area contributed by atoms with Gasteiger partial charge in [-0.25, -0.2) is 0 Å². The molecule has 25 heavy (non-hydrogen) atoms. The normalized spacial score (nSPS) is 11.6. The number of rotatable bonds is 7. The van der Waals surface area contributed by atoms with E-state index in [1.165, 1.54) is 0 Å². The van der Waals surface area contributed by atoms with E-state index < -0.39 is 0 Å². The number of quaternary nitrogens is 1. The van der Waals surface area contributed by atoms with Crippen LogP contribution in [-0.4, -0.2) is 32.0 Å². The van der Waals surface area contributed by atoms with Crippen molar-refractivity contribution in [1.82, 2.24) is 0 Å². The predicted molar refractivity (Wildman–Crippen MR) is 101 cm³/mol. The fourth-order valence-corrected chi connectivity index (χ4v) is 2.62. The first kappa shape index (κ1) is 19.0. The van der Waals surface area contributed by atoms with E-state index in [-0.39, 0.29) is 24.9 Å². The summed E-state index contributed by atoms with van der Waals surface area (Å²) in [5.74, 6) is -0.265. The molecule has 0 saturated heterocycles. The number of hydrogen-bond donors (Lipinski definition) is 3. The quantitative estimate of drug-likeness (QED) is 0.707. The molecule has 0 radical (unpaired) electrons. The van der Waals surface area contributed by atoms with E-state index in [0.717, 1.165) is 22.6 Å². The number of halogens is 1. The Kier molecular flexibility index (Phi) is 6.98. The lowest BCUT2D eigenvalue weighted by atomic mass is 10.1. The van der Waals surface area contributed by atoms with Crippen LogP contribution in [0.1, 0.15) is 12.5 Å². The molecule has 0 fully saturated rings. The molecule has 3 N–H and O–H groups in total. The van der Waals surface area contributed by atoms with E-state index in [9.17, 15) is 9.59 Å². The van der Waals surface area contributed by atoms with Gasteiger partial charge in [-0.15, -0.1) is 0 Å². The molecule has 0 heterocycles. The molecule has 1 unspecified atom stereocenters. The molecule has 0 aliphatic rings. The Morgan fingerprint density at radius 1 is 0.960 bits per heavy atom. The lowest BCUT2D eigenvalue weighted by Crippen LogP contribution is -3.11. The summed E-state index contributed by atoms with van der Waals surface area (Å²) in [6.07, 6.45) is 0.850. The van der Waals surface area contributed by atoms with Crippen LogP contribution in [0.25, 0.3) is 0 Å². The van der Waals surface area contributed by atoms with Crippen LogP contribution in [-0.2, 0) is 16.0 Å². The number of carbonyl (C=O) groups excluding carboxylic acids is 2. The molecule has 0 aromatic heterocycles. The standard InChI is InChI=1S/C19H22ClN3O2/c1-3-14-6-4-5-7-17(14)22-19(25)13-23(2)12-18(24)21-16-10-8-15(20)9-11-16/h4-11H,3,12-13H2,1-2H3,(H,21,24)(H,22,25)/p+1. The van der Waals surface area contributed by atoms with Crippen LogP contribution in [0.2, 0.25) is 5.02 Å². The first-order valence-electron chi connectivity index (χ1n) is 8.22. The summed E-state index contributed by atoms with van der Waals surface area (Å²) in [7, 11) is 1.81. The summed E-state index contributed by atoms with van der Waals surface area (Å²) in [4.78, 5) is 25.0. The van der Waals surface area contributed by atoms with Crippen LogP contribution in [0.3, 0.4) is 0 Å². The summed E-state index contributed by atoms with van der Waals surface area (Å²) < 4.78 is 0. The molecule has 132 valence electrons. The van der Waals surface area contributed by atoms with Gasteiger partial charge in [-0.3, -0.25) is 9.59 Å². The Balaban J connectivity index is 1.82. The third-order valence-corrected chi connectivity index (χ3v) is 3.98. The summed E-state index contributed by atoms with van der Waals surface area (Å²) in [5.41, 5.74) is 2.60. The predicted octanol–water partition coefficient (Wildman–Crippen LogP) is 1.99. The van der Waals surface area contributed by atoms with Crippen LogP contribution in [0.4, 0.5) is 11.4 Å². The van der Waals surface area contributed by atoms with Gasteiger partial charge in [0.15, 0.2) is 13.1 Å². The van der Waals surface area contributed by atoms with Gasteiger partial charge in [-0.1, -0.05) is 36.7 Å². The molecule has 6 heteroatoms. The maximum absolute atomic E-state index is 12.2. The average Bonchev–Trinajstić information content (AvgIpc) is 2.57. The second-order valence-corrected chi connectivity index (χ2v) is 6.36. The van der Waals surface area contributed by atoms with E-state index in [0.29, 0.717) is 10.7 Å². The largest absolute Gasteiger partial charge is 0.322 e. The molecule has 2 amide bonds.